The first kappa shape index (κ1) is 23.2. The molecule has 0 saturated heterocycles. The fraction of sp³-hybridized carbons (Fsp3) is 0.259. The van der Waals surface area contributed by atoms with Gasteiger partial charge in [-0.05, 0) is 43.1 Å². The highest BCUT2D eigenvalue weighted by atomic mass is 16.2. The van der Waals surface area contributed by atoms with E-state index in [4.69, 9.17) is 0 Å². The minimum absolute atomic E-state index is 0.119. The third kappa shape index (κ3) is 6.05. The van der Waals surface area contributed by atoms with E-state index in [0.29, 0.717) is 0 Å². The number of nitrogens with zero attached hydrogens (tertiary/aromatic N) is 1. The number of carbonyl (C=O) groups is 2. The largest absolute Gasteiger partial charge is 0.344 e. The summed E-state index contributed by atoms with van der Waals surface area (Å²) in [5, 5.41) is 6.13. The molecule has 0 saturated carbocycles. The molecule has 3 rings (SSSR count). The first-order chi connectivity index (χ1) is 15.5. The summed E-state index contributed by atoms with van der Waals surface area (Å²) in [6, 6.07) is 26.8. The topological polar surface area (TPSA) is 61.4 Å². The van der Waals surface area contributed by atoms with Crippen LogP contribution in [0.1, 0.15) is 36.6 Å². The van der Waals surface area contributed by atoms with Gasteiger partial charge in [-0.25, -0.2) is 0 Å². The van der Waals surface area contributed by atoms with Crippen LogP contribution in [0.15, 0.2) is 84.9 Å². The molecule has 0 aliphatic rings. The van der Waals surface area contributed by atoms with Crippen LogP contribution >= 0.6 is 0 Å². The summed E-state index contributed by atoms with van der Waals surface area (Å²) in [6.45, 7) is 3.99. The van der Waals surface area contributed by atoms with Crippen molar-refractivity contribution in [3.05, 3.63) is 102 Å². The predicted molar refractivity (Wildman–Crippen MR) is 129 cm³/mol. The summed E-state index contributed by atoms with van der Waals surface area (Å²) >= 11 is 0. The molecular weight excluding hydrogens is 398 g/mol. The Bertz CT molecular complexity index is 982. The third-order valence-electron chi connectivity index (χ3n) is 5.66. The number of hydrogen-bond acceptors (Lipinski definition) is 3. The van der Waals surface area contributed by atoms with Gasteiger partial charge >= 0.3 is 0 Å². The van der Waals surface area contributed by atoms with Crippen molar-refractivity contribution < 1.29 is 9.59 Å². The fourth-order valence-corrected chi connectivity index (χ4v) is 3.62. The summed E-state index contributed by atoms with van der Waals surface area (Å²) in [7, 11) is 1.79. The quantitative estimate of drug-likeness (QED) is 0.530. The van der Waals surface area contributed by atoms with Crippen molar-refractivity contribution in [1.82, 2.24) is 10.2 Å². The highest BCUT2D eigenvalue weighted by molar-refractivity contribution is 5.93. The maximum atomic E-state index is 13.1. The van der Waals surface area contributed by atoms with Crippen LogP contribution in [-0.2, 0) is 16.0 Å². The van der Waals surface area contributed by atoms with E-state index in [9.17, 15) is 9.59 Å². The highest BCUT2D eigenvalue weighted by Gasteiger charge is 2.24. The second-order valence-corrected chi connectivity index (χ2v) is 7.91. The van der Waals surface area contributed by atoms with Crippen LogP contribution in [0.5, 0.6) is 0 Å². The Morgan fingerprint density at radius 3 is 1.94 bits per heavy atom. The number of hydrogen-bond donors (Lipinski definition) is 2. The molecule has 166 valence electrons. The van der Waals surface area contributed by atoms with Crippen LogP contribution < -0.4 is 10.6 Å². The van der Waals surface area contributed by atoms with E-state index in [0.717, 1.165) is 28.8 Å². The summed E-state index contributed by atoms with van der Waals surface area (Å²) in [5.74, 6) is -0.275. The molecule has 0 bridgehead atoms. The number of amides is 2. The van der Waals surface area contributed by atoms with E-state index < -0.39 is 6.04 Å². The van der Waals surface area contributed by atoms with E-state index >= 15 is 0 Å². The molecule has 0 aromatic heterocycles. The normalized spacial score (nSPS) is 11.9. The lowest BCUT2D eigenvalue weighted by Crippen LogP contribution is -2.47. The Morgan fingerprint density at radius 2 is 1.38 bits per heavy atom. The number of benzene rings is 3. The van der Waals surface area contributed by atoms with E-state index in [1.807, 2.05) is 91.9 Å². The second-order valence-electron chi connectivity index (χ2n) is 7.91. The van der Waals surface area contributed by atoms with Gasteiger partial charge in [0.1, 0.15) is 0 Å². The van der Waals surface area contributed by atoms with Crippen LogP contribution in [-0.4, -0.2) is 36.3 Å². The minimum atomic E-state index is -0.475. The Morgan fingerprint density at radius 1 is 0.844 bits per heavy atom. The second kappa shape index (κ2) is 11.3. The molecule has 0 heterocycles. The van der Waals surface area contributed by atoms with Crippen molar-refractivity contribution in [2.45, 2.75) is 32.4 Å². The Kier molecular flexibility index (Phi) is 8.17. The van der Waals surface area contributed by atoms with E-state index in [2.05, 4.69) is 17.6 Å². The van der Waals surface area contributed by atoms with Crippen molar-refractivity contribution in [3.8, 4) is 0 Å². The van der Waals surface area contributed by atoms with Crippen LogP contribution in [0.4, 0.5) is 5.69 Å². The lowest BCUT2D eigenvalue weighted by molar-refractivity contribution is -0.127. The van der Waals surface area contributed by atoms with Gasteiger partial charge in [-0.15, -0.1) is 0 Å². The zero-order valence-corrected chi connectivity index (χ0v) is 18.9. The lowest BCUT2D eigenvalue weighted by atomic mass is 9.98. The van der Waals surface area contributed by atoms with Crippen molar-refractivity contribution >= 4 is 17.5 Å². The van der Waals surface area contributed by atoms with Crippen molar-refractivity contribution in [2.75, 3.05) is 18.9 Å². The molecule has 0 fully saturated rings. The first-order valence-corrected chi connectivity index (χ1v) is 11.0. The molecule has 0 radical (unpaired) electrons. The van der Waals surface area contributed by atoms with E-state index in [1.165, 1.54) is 0 Å². The molecule has 32 heavy (non-hydrogen) atoms. The van der Waals surface area contributed by atoms with Gasteiger partial charge in [-0.2, -0.15) is 0 Å². The van der Waals surface area contributed by atoms with Gasteiger partial charge < -0.3 is 10.6 Å². The smallest absolute Gasteiger partial charge is 0.238 e. The van der Waals surface area contributed by atoms with Crippen LogP contribution in [0.2, 0.25) is 0 Å². The monoisotopic (exact) mass is 429 g/mol. The van der Waals surface area contributed by atoms with Crippen molar-refractivity contribution in [1.29, 1.82) is 0 Å². The maximum Gasteiger partial charge on any atom is 0.238 e. The summed E-state index contributed by atoms with van der Waals surface area (Å²) < 4.78 is 0. The molecule has 1 unspecified atom stereocenters. The molecule has 3 aromatic carbocycles. The number of rotatable bonds is 9. The average Bonchev–Trinajstić information content (AvgIpc) is 2.83. The molecule has 2 amide bonds. The van der Waals surface area contributed by atoms with Gasteiger partial charge in [0, 0.05) is 5.69 Å². The lowest BCUT2D eigenvalue weighted by Gasteiger charge is -2.27. The molecule has 0 aliphatic carbocycles. The predicted octanol–water partition coefficient (Wildman–Crippen LogP) is 4.41. The molecular formula is C27H31N3O2. The molecule has 5 heteroatoms. The van der Waals surface area contributed by atoms with E-state index in [-0.39, 0.29) is 24.4 Å². The van der Waals surface area contributed by atoms with Gasteiger partial charge in [0.05, 0.1) is 18.6 Å². The Balaban J connectivity index is 1.66. The zero-order chi connectivity index (χ0) is 22.9. The number of likely N-dealkylation sites (N-methyl/N-ethyl adjacent to an activating group) is 1. The number of anilines is 1. The van der Waals surface area contributed by atoms with Gasteiger partial charge in [-0.3, -0.25) is 14.5 Å². The molecule has 0 aliphatic heterocycles. The zero-order valence-electron chi connectivity index (χ0n) is 18.9. The molecule has 5 nitrogen and oxygen atoms in total. The summed E-state index contributed by atoms with van der Waals surface area (Å²) in [4.78, 5) is 27.5. The number of para-hydroxylation sites is 1. The number of nitrogens with one attached hydrogen (secondary N) is 2. The third-order valence-corrected chi connectivity index (χ3v) is 5.66. The van der Waals surface area contributed by atoms with Crippen LogP contribution in [0.25, 0.3) is 0 Å². The summed E-state index contributed by atoms with van der Waals surface area (Å²) in [6.07, 6.45) is 0.839. The minimum Gasteiger partial charge on any atom is -0.344 e. The van der Waals surface area contributed by atoms with E-state index in [1.54, 1.807) is 11.9 Å². The maximum absolute atomic E-state index is 13.1. The number of carbonyl (C=O) groups excluding carboxylic acids is 2. The Labute approximate surface area is 190 Å². The molecule has 1 atom stereocenters. The molecule has 3 aromatic rings. The van der Waals surface area contributed by atoms with Gasteiger partial charge in [0.25, 0.3) is 0 Å². The van der Waals surface area contributed by atoms with Gasteiger partial charge in [0.15, 0.2) is 0 Å². The van der Waals surface area contributed by atoms with Gasteiger partial charge in [0.2, 0.25) is 11.8 Å². The van der Waals surface area contributed by atoms with Crippen LogP contribution in [0, 0.1) is 0 Å². The van der Waals surface area contributed by atoms with Gasteiger partial charge in [-0.1, -0.05) is 85.8 Å². The fourth-order valence-electron chi connectivity index (χ4n) is 3.62. The van der Waals surface area contributed by atoms with Crippen LogP contribution in [0.3, 0.4) is 0 Å². The van der Waals surface area contributed by atoms with Crippen molar-refractivity contribution in [3.63, 3.8) is 0 Å². The van der Waals surface area contributed by atoms with Crippen molar-refractivity contribution in [2.24, 2.45) is 0 Å². The molecule has 2 N–H and O–H groups in total. The Hall–Kier alpha value is -3.44. The SMILES string of the molecule is CCc1ccccc1NC(=O)CN(C)C(C)C(=O)NC(c1ccccc1)c1ccccc1. The average molecular weight is 430 g/mol. The number of aryl methyl sites for hydroxylation is 1. The highest BCUT2D eigenvalue weighted by Crippen LogP contribution is 2.22. The first-order valence-electron chi connectivity index (χ1n) is 11.0. The summed E-state index contributed by atoms with van der Waals surface area (Å²) in [5.41, 5.74) is 3.92. The standard InChI is InChI=1S/C27H31N3O2/c1-4-21-13-11-12-18-24(21)28-25(31)19-30(3)20(2)27(32)29-26(22-14-7-5-8-15-22)23-16-9-6-10-17-23/h5-18,20,26H,4,19H2,1-3H3,(H,28,31)(H,29,32). The molecule has 0 spiro atoms.